The number of hydrogen-bond donors (Lipinski definition) is 1. The second-order valence-corrected chi connectivity index (χ2v) is 7.41. The fourth-order valence-corrected chi connectivity index (χ4v) is 4.97. The number of hydrogen-bond acceptors (Lipinski definition) is 1. The van der Waals surface area contributed by atoms with E-state index in [0.717, 1.165) is 18.4 Å². The van der Waals surface area contributed by atoms with Gasteiger partial charge in [0.1, 0.15) is 0 Å². The minimum absolute atomic E-state index is 0.282. The number of rotatable bonds is 2. The molecule has 0 aromatic heterocycles. The summed E-state index contributed by atoms with van der Waals surface area (Å²) >= 11 is 0.355. The number of aliphatic hydroxyl groups is 1. The molecule has 2 aromatic carbocycles. The Balaban J connectivity index is 1.81. The van der Waals surface area contributed by atoms with Gasteiger partial charge in [-0.3, -0.25) is 0 Å². The van der Waals surface area contributed by atoms with E-state index in [1.54, 1.807) is 0 Å². The maximum absolute atomic E-state index is 10.5. The van der Waals surface area contributed by atoms with Crippen molar-refractivity contribution in [2.45, 2.75) is 23.8 Å². The standard InChI is InChI=1S/C16H16OSe/c17-16-14-9-5-4-6-12(14)10-11-15(16)18-13-7-2-1-3-8-13/h1-9,15-17H,10-11H2/t15-,16-/m0/s1. The van der Waals surface area contributed by atoms with Crippen LogP contribution in [-0.2, 0) is 6.42 Å². The first-order valence-corrected chi connectivity index (χ1v) is 8.17. The number of aliphatic hydroxyl groups excluding tert-OH is 1. The van der Waals surface area contributed by atoms with Crippen LogP contribution in [0.25, 0.3) is 0 Å². The molecule has 0 bridgehead atoms. The first-order valence-electron chi connectivity index (χ1n) is 6.32. The van der Waals surface area contributed by atoms with Gasteiger partial charge in [0.05, 0.1) is 0 Å². The van der Waals surface area contributed by atoms with E-state index in [0.29, 0.717) is 19.8 Å². The van der Waals surface area contributed by atoms with Crippen molar-refractivity contribution in [3.8, 4) is 0 Å². The molecule has 0 spiro atoms. The van der Waals surface area contributed by atoms with Gasteiger partial charge in [-0.2, -0.15) is 0 Å². The van der Waals surface area contributed by atoms with Crippen molar-refractivity contribution < 1.29 is 5.11 Å². The summed E-state index contributed by atoms with van der Waals surface area (Å²) < 4.78 is 1.38. The van der Waals surface area contributed by atoms with Crippen LogP contribution in [0.3, 0.4) is 0 Å². The van der Waals surface area contributed by atoms with Gasteiger partial charge < -0.3 is 0 Å². The predicted molar refractivity (Wildman–Crippen MR) is 75.3 cm³/mol. The third kappa shape index (κ3) is 2.37. The van der Waals surface area contributed by atoms with Gasteiger partial charge in [-0.1, -0.05) is 0 Å². The van der Waals surface area contributed by atoms with E-state index in [2.05, 4.69) is 42.5 Å². The topological polar surface area (TPSA) is 20.2 Å². The van der Waals surface area contributed by atoms with Gasteiger partial charge in [0.15, 0.2) is 0 Å². The van der Waals surface area contributed by atoms with Crippen molar-refractivity contribution in [3.05, 3.63) is 65.7 Å². The zero-order valence-electron chi connectivity index (χ0n) is 10.1. The zero-order valence-corrected chi connectivity index (χ0v) is 11.8. The monoisotopic (exact) mass is 304 g/mol. The van der Waals surface area contributed by atoms with Crippen LogP contribution in [0.2, 0.25) is 4.82 Å². The molecule has 1 aliphatic carbocycles. The van der Waals surface area contributed by atoms with E-state index >= 15 is 0 Å². The van der Waals surface area contributed by atoms with Gasteiger partial charge >= 0.3 is 114 Å². The molecule has 0 unspecified atom stereocenters. The van der Waals surface area contributed by atoms with E-state index in [1.807, 2.05) is 12.1 Å². The summed E-state index contributed by atoms with van der Waals surface area (Å²) in [6.45, 7) is 0. The Morgan fingerprint density at radius 3 is 2.50 bits per heavy atom. The summed E-state index contributed by atoms with van der Waals surface area (Å²) in [6.07, 6.45) is 1.93. The summed E-state index contributed by atoms with van der Waals surface area (Å²) in [5, 5.41) is 10.5. The molecule has 0 fully saturated rings. The Kier molecular flexibility index (Phi) is 3.51. The third-order valence-corrected chi connectivity index (χ3v) is 6.27. The molecule has 0 radical (unpaired) electrons. The predicted octanol–water partition coefficient (Wildman–Crippen LogP) is 2.48. The minimum atomic E-state index is -0.282. The van der Waals surface area contributed by atoms with Crippen LogP contribution in [0, 0.1) is 0 Å². The fourth-order valence-electron chi connectivity index (χ4n) is 2.50. The molecular weight excluding hydrogens is 287 g/mol. The molecule has 18 heavy (non-hydrogen) atoms. The van der Waals surface area contributed by atoms with Gasteiger partial charge in [-0.15, -0.1) is 0 Å². The summed E-state index contributed by atoms with van der Waals surface area (Å²) in [7, 11) is 0. The number of benzene rings is 2. The van der Waals surface area contributed by atoms with Crippen molar-refractivity contribution in [1.29, 1.82) is 0 Å². The Bertz CT molecular complexity index is 524. The number of fused-ring (bicyclic) bond motifs is 1. The van der Waals surface area contributed by atoms with Gasteiger partial charge in [0.25, 0.3) is 0 Å². The van der Waals surface area contributed by atoms with Crippen LogP contribution < -0.4 is 4.46 Å². The molecule has 0 saturated heterocycles. The van der Waals surface area contributed by atoms with Crippen LogP contribution in [0.4, 0.5) is 0 Å². The van der Waals surface area contributed by atoms with Gasteiger partial charge in [0.2, 0.25) is 0 Å². The van der Waals surface area contributed by atoms with Gasteiger partial charge in [-0.25, -0.2) is 0 Å². The van der Waals surface area contributed by atoms with E-state index in [4.69, 9.17) is 0 Å². The van der Waals surface area contributed by atoms with Crippen molar-refractivity contribution in [2.75, 3.05) is 0 Å². The van der Waals surface area contributed by atoms with Gasteiger partial charge in [-0.05, 0) is 0 Å². The Hall–Kier alpha value is -1.08. The van der Waals surface area contributed by atoms with E-state index in [9.17, 15) is 5.11 Å². The molecule has 1 nitrogen and oxygen atoms in total. The zero-order chi connectivity index (χ0) is 12.4. The van der Waals surface area contributed by atoms with Crippen LogP contribution in [0.5, 0.6) is 0 Å². The van der Waals surface area contributed by atoms with Crippen molar-refractivity contribution in [3.63, 3.8) is 0 Å². The summed E-state index contributed by atoms with van der Waals surface area (Å²) in [5.74, 6) is 0. The second kappa shape index (κ2) is 5.27. The molecule has 1 aliphatic rings. The Morgan fingerprint density at radius 1 is 0.944 bits per heavy atom. The van der Waals surface area contributed by atoms with Crippen molar-refractivity contribution in [2.24, 2.45) is 0 Å². The first-order chi connectivity index (χ1) is 8.84. The average Bonchev–Trinajstić information content (AvgIpc) is 2.43. The molecule has 3 rings (SSSR count). The van der Waals surface area contributed by atoms with Crippen molar-refractivity contribution >= 4 is 19.4 Å². The normalized spacial score (nSPS) is 22.5. The van der Waals surface area contributed by atoms with Crippen molar-refractivity contribution in [1.82, 2.24) is 0 Å². The van der Waals surface area contributed by atoms with Crippen LogP contribution >= 0.6 is 0 Å². The van der Waals surface area contributed by atoms with E-state index < -0.39 is 0 Å². The van der Waals surface area contributed by atoms with Crippen LogP contribution in [0.1, 0.15) is 23.7 Å². The molecule has 0 aliphatic heterocycles. The summed E-state index contributed by atoms with van der Waals surface area (Å²) in [4.78, 5) is 0.412. The summed E-state index contributed by atoms with van der Waals surface area (Å²) in [6, 6.07) is 18.9. The van der Waals surface area contributed by atoms with Crippen LogP contribution in [-0.4, -0.2) is 20.1 Å². The molecule has 2 atom stereocenters. The Morgan fingerprint density at radius 2 is 1.67 bits per heavy atom. The van der Waals surface area contributed by atoms with Gasteiger partial charge in [0, 0.05) is 0 Å². The summed E-state index contributed by atoms with van der Waals surface area (Å²) in [5.41, 5.74) is 2.47. The first kappa shape index (κ1) is 12.0. The fraction of sp³-hybridized carbons (Fsp3) is 0.250. The van der Waals surface area contributed by atoms with Crippen LogP contribution in [0.15, 0.2) is 54.6 Å². The quantitative estimate of drug-likeness (QED) is 0.845. The molecule has 0 amide bonds. The maximum atomic E-state index is 10.5. The molecule has 0 saturated carbocycles. The van der Waals surface area contributed by atoms with E-state index in [-0.39, 0.29) is 6.10 Å². The molecular formula is C16H16OSe. The van der Waals surface area contributed by atoms with E-state index in [1.165, 1.54) is 10.0 Å². The molecule has 92 valence electrons. The molecule has 0 heterocycles. The molecule has 2 heteroatoms. The molecule has 2 aromatic rings. The molecule has 1 N–H and O–H groups in total. The third-order valence-electron chi connectivity index (χ3n) is 3.45. The second-order valence-electron chi connectivity index (χ2n) is 4.65. The SMILES string of the molecule is O[C@H]1c2ccccc2CC[C@@H]1[Se]c1ccccc1. The Labute approximate surface area is 114 Å². The average molecular weight is 303 g/mol. The number of aryl methyl sites for hydroxylation is 1.